The van der Waals surface area contributed by atoms with E-state index in [1.807, 2.05) is 0 Å². The van der Waals surface area contributed by atoms with Gasteiger partial charge in [0, 0.05) is 12.5 Å². The van der Waals surface area contributed by atoms with Crippen LogP contribution in [0.4, 0.5) is 0 Å². The summed E-state index contributed by atoms with van der Waals surface area (Å²) < 4.78 is 0. The predicted octanol–water partition coefficient (Wildman–Crippen LogP) is -1.28. The van der Waals surface area contributed by atoms with Gasteiger partial charge in [-0.25, -0.2) is 0 Å². The van der Waals surface area contributed by atoms with E-state index in [-0.39, 0.29) is 18.4 Å². The highest BCUT2D eigenvalue weighted by Crippen LogP contribution is 2.29. The van der Waals surface area contributed by atoms with Crippen LogP contribution in [0.15, 0.2) is 0 Å². The van der Waals surface area contributed by atoms with Crippen LogP contribution in [0.25, 0.3) is 0 Å². The molecule has 1 aliphatic carbocycles. The second-order valence-corrected chi connectivity index (χ2v) is 3.63. The van der Waals surface area contributed by atoms with Crippen molar-refractivity contribution in [1.82, 2.24) is 0 Å². The van der Waals surface area contributed by atoms with E-state index in [0.29, 0.717) is 6.42 Å². The van der Waals surface area contributed by atoms with Crippen molar-refractivity contribution in [3.05, 3.63) is 0 Å². The summed E-state index contributed by atoms with van der Waals surface area (Å²) in [6.07, 6.45) is -2.44. The highest BCUT2D eigenvalue weighted by molar-refractivity contribution is 4.90. The smallest absolute Gasteiger partial charge is 0.106 e. The third kappa shape index (κ3) is 1.61. The van der Waals surface area contributed by atoms with Gasteiger partial charge in [0.2, 0.25) is 0 Å². The first-order chi connectivity index (χ1) is 5.57. The molecule has 4 nitrogen and oxygen atoms in total. The van der Waals surface area contributed by atoms with Gasteiger partial charge in [-0.05, 0) is 12.3 Å². The maximum Gasteiger partial charge on any atom is 0.106 e. The molecule has 0 aromatic rings. The zero-order valence-electron chi connectivity index (χ0n) is 7.09. The zero-order valence-corrected chi connectivity index (χ0v) is 7.09. The Labute approximate surface area is 71.5 Å². The molecule has 4 N–H and O–H groups in total. The van der Waals surface area contributed by atoms with E-state index in [2.05, 4.69) is 0 Å². The molecule has 4 heteroatoms. The largest absolute Gasteiger partial charge is 0.396 e. The molecule has 0 heterocycles. The Balaban J connectivity index is 2.63. The van der Waals surface area contributed by atoms with Gasteiger partial charge in [-0.1, -0.05) is 6.92 Å². The van der Waals surface area contributed by atoms with Crippen molar-refractivity contribution in [3.63, 3.8) is 0 Å². The predicted molar refractivity (Wildman–Crippen MR) is 42.4 cm³/mol. The van der Waals surface area contributed by atoms with Crippen molar-refractivity contribution < 1.29 is 20.4 Å². The van der Waals surface area contributed by atoms with Crippen LogP contribution in [-0.4, -0.2) is 45.3 Å². The van der Waals surface area contributed by atoms with Crippen molar-refractivity contribution >= 4 is 0 Å². The van der Waals surface area contributed by atoms with Crippen LogP contribution in [-0.2, 0) is 0 Å². The molecular formula is C8H16O4. The minimum atomic E-state index is -1.12. The lowest BCUT2D eigenvalue weighted by Crippen LogP contribution is -2.51. The topological polar surface area (TPSA) is 80.9 Å². The third-order valence-electron chi connectivity index (χ3n) is 2.67. The molecule has 0 aromatic heterocycles. The molecule has 12 heavy (non-hydrogen) atoms. The number of hydrogen-bond donors (Lipinski definition) is 4. The van der Waals surface area contributed by atoms with Crippen molar-refractivity contribution in [3.8, 4) is 0 Å². The van der Waals surface area contributed by atoms with Crippen LogP contribution in [0.5, 0.6) is 0 Å². The van der Waals surface area contributed by atoms with Gasteiger partial charge in [0.25, 0.3) is 0 Å². The summed E-state index contributed by atoms with van der Waals surface area (Å²) in [7, 11) is 0. The van der Waals surface area contributed by atoms with Gasteiger partial charge < -0.3 is 20.4 Å². The molecule has 1 saturated carbocycles. The van der Waals surface area contributed by atoms with E-state index in [0.717, 1.165) is 0 Å². The fourth-order valence-electron chi connectivity index (χ4n) is 1.76. The minimum Gasteiger partial charge on any atom is -0.396 e. The van der Waals surface area contributed by atoms with Crippen LogP contribution in [0.1, 0.15) is 13.3 Å². The molecule has 0 bridgehead atoms. The number of hydrogen-bond acceptors (Lipinski definition) is 4. The molecule has 0 amide bonds. The Morgan fingerprint density at radius 2 is 1.67 bits per heavy atom. The van der Waals surface area contributed by atoms with Crippen LogP contribution in [0.3, 0.4) is 0 Å². The number of aliphatic hydroxyl groups is 4. The van der Waals surface area contributed by atoms with Crippen LogP contribution in [0, 0.1) is 11.8 Å². The summed E-state index contributed by atoms with van der Waals surface area (Å²) in [6, 6.07) is 0. The molecule has 1 rings (SSSR count). The summed E-state index contributed by atoms with van der Waals surface area (Å²) in [6.45, 7) is 1.65. The normalized spacial score (nSPS) is 49.2. The van der Waals surface area contributed by atoms with Crippen molar-refractivity contribution in [2.45, 2.75) is 31.7 Å². The van der Waals surface area contributed by atoms with Crippen molar-refractivity contribution in [1.29, 1.82) is 0 Å². The average Bonchev–Trinajstić information content (AvgIpc) is 2.08. The first kappa shape index (κ1) is 9.92. The van der Waals surface area contributed by atoms with Crippen LogP contribution >= 0.6 is 0 Å². The fourth-order valence-corrected chi connectivity index (χ4v) is 1.76. The number of rotatable bonds is 1. The molecule has 1 fully saturated rings. The van der Waals surface area contributed by atoms with Crippen LogP contribution in [0.2, 0.25) is 0 Å². The molecule has 72 valence electrons. The Morgan fingerprint density at radius 3 is 2.17 bits per heavy atom. The molecule has 5 atom stereocenters. The molecule has 0 saturated heterocycles. The fraction of sp³-hybridized carbons (Fsp3) is 1.00. The van der Waals surface area contributed by atoms with Crippen molar-refractivity contribution in [2.24, 2.45) is 11.8 Å². The molecule has 1 aliphatic rings. The Kier molecular flexibility index (Phi) is 3.06. The van der Waals surface area contributed by atoms with Crippen LogP contribution < -0.4 is 0 Å². The summed E-state index contributed by atoms with van der Waals surface area (Å²) in [4.78, 5) is 0. The molecule has 0 aliphatic heterocycles. The molecule has 0 aromatic carbocycles. The lowest BCUT2D eigenvalue weighted by molar-refractivity contribution is -0.138. The van der Waals surface area contributed by atoms with Gasteiger partial charge in [-0.3, -0.25) is 0 Å². The summed E-state index contributed by atoms with van der Waals surface area (Å²) >= 11 is 0. The summed E-state index contributed by atoms with van der Waals surface area (Å²) in [5.74, 6) is -0.376. The maximum atomic E-state index is 9.36. The van der Waals surface area contributed by atoms with E-state index >= 15 is 0 Å². The lowest BCUT2D eigenvalue weighted by Gasteiger charge is -2.38. The van der Waals surface area contributed by atoms with Gasteiger partial charge in [0.05, 0.1) is 12.2 Å². The van der Waals surface area contributed by atoms with Gasteiger partial charge in [-0.2, -0.15) is 0 Å². The quantitative estimate of drug-likeness (QED) is 0.401. The summed E-state index contributed by atoms with van der Waals surface area (Å²) in [5.41, 5.74) is 0. The van der Waals surface area contributed by atoms with Gasteiger partial charge >= 0.3 is 0 Å². The second-order valence-electron chi connectivity index (χ2n) is 3.63. The maximum absolute atomic E-state index is 9.36. The molecule has 0 spiro atoms. The highest BCUT2D eigenvalue weighted by Gasteiger charge is 2.40. The van der Waals surface area contributed by atoms with E-state index in [4.69, 9.17) is 5.11 Å². The monoisotopic (exact) mass is 176 g/mol. The highest BCUT2D eigenvalue weighted by atomic mass is 16.4. The Bertz CT molecular complexity index is 145. The zero-order chi connectivity index (χ0) is 9.30. The van der Waals surface area contributed by atoms with Crippen molar-refractivity contribution in [2.75, 3.05) is 6.61 Å². The standard InChI is InChI=1S/C8H16O4/c1-4-2-5(3-9)7(11)8(12)6(4)10/h4-12H,2-3H2,1H3/t4?,5?,6?,7-,8+/m0/s1. The Morgan fingerprint density at radius 1 is 1.08 bits per heavy atom. The molecule has 3 unspecified atom stereocenters. The van der Waals surface area contributed by atoms with E-state index in [1.165, 1.54) is 0 Å². The molecular weight excluding hydrogens is 160 g/mol. The average molecular weight is 176 g/mol. The van der Waals surface area contributed by atoms with Gasteiger partial charge in [0.15, 0.2) is 0 Å². The van der Waals surface area contributed by atoms with Gasteiger partial charge in [0.1, 0.15) is 6.10 Å². The number of aliphatic hydroxyl groups excluding tert-OH is 4. The first-order valence-electron chi connectivity index (χ1n) is 4.23. The summed E-state index contributed by atoms with van der Waals surface area (Å²) in [5, 5.41) is 36.8. The second kappa shape index (κ2) is 3.70. The van der Waals surface area contributed by atoms with Gasteiger partial charge in [-0.15, -0.1) is 0 Å². The molecule has 0 radical (unpaired) electrons. The SMILES string of the molecule is CC1CC(CO)[C@H](O)[C@H](O)C1O. The van der Waals surface area contributed by atoms with E-state index in [1.54, 1.807) is 6.92 Å². The van der Waals surface area contributed by atoms with E-state index in [9.17, 15) is 15.3 Å². The lowest BCUT2D eigenvalue weighted by atomic mass is 9.77. The van der Waals surface area contributed by atoms with E-state index < -0.39 is 18.3 Å². The first-order valence-corrected chi connectivity index (χ1v) is 4.23. The third-order valence-corrected chi connectivity index (χ3v) is 2.67. The Hall–Kier alpha value is -0.160. The minimum absolute atomic E-state index is 0.0689.